The highest BCUT2D eigenvalue weighted by Gasteiger charge is 2.12. The number of benzene rings is 1. The molecule has 0 atom stereocenters. The molecule has 20 heavy (non-hydrogen) atoms. The van der Waals surface area contributed by atoms with E-state index in [1.165, 1.54) is 0 Å². The van der Waals surface area contributed by atoms with Crippen LogP contribution in [0.5, 0.6) is 11.5 Å². The number of aromatic nitrogens is 1. The molecule has 0 saturated heterocycles. The van der Waals surface area contributed by atoms with Crippen LogP contribution in [0.2, 0.25) is 10.0 Å². The Hall–Kier alpha value is -1.65. The second-order valence-electron chi connectivity index (χ2n) is 3.94. The lowest BCUT2D eigenvalue weighted by atomic mass is 10.2. The molecule has 2 aromatic rings. The maximum absolute atomic E-state index is 6.10. The van der Waals surface area contributed by atoms with Crippen molar-refractivity contribution in [1.82, 2.24) is 4.98 Å². The first-order chi connectivity index (χ1) is 9.67. The lowest BCUT2D eigenvalue weighted by Crippen LogP contribution is -2.05. The van der Waals surface area contributed by atoms with Crippen LogP contribution in [0.25, 0.3) is 0 Å². The van der Waals surface area contributed by atoms with Crippen LogP contribution in [0, 0.1) is 0 Å². The van der Waals surface area contributed by atoms with Crippen LogP contribution in [0.3, 0.4) is 0 Å². The van der Waals surface area contributed by atoms with Gasteiger partial charge in [-0.25, -0.2) is 0 Å². The summed E-state index contributed by atoms with van der Waals surface area (Å²) in [5.74, 6) is 1.22. The summed E-state index contributed by atoms with van der Waals surface area (Å²) in [5.41, 5.74) is 1.38. The first-order valence-electron chi connectivity index (χ1n) is 5.91. The Morgan fingerprint density at radius 1 is 1.10 bits per heavy atom. The summed E-state index contributed by atoms with van der Waals surface area (Å²) in [6, 6.07) is 7.07. The highest BCUT2D eigenvalue weighted by molar-refractivity contribution is 6.39. The number of hydrogen-bond acceptors (Lipinski definition) is 4. The molecule has 0 amide bonds. The Kier molecular flexibility index (Phi) is 4.93. The Morgan fingerprint density at radius 3 is 2.40 bits per heavy atom. The largest absolute Gasteiger partial charge is 0.493 e. The summed E-state index contributed by atoms with van der Waals surface area (Å²) >= 11 is 12.2. The van der Waals surface area contributed by atoms with E-state index in [1.807, 2.05) is 0 Å². The van der Waals surface area contributed by atoms with Crippen LogP contribution in [-0.2, 0) is 6.54 Å². The molecular formula is C14H14Cl2N2O2. The van der Waals surface area contributed by atoms with Gasteiger partial charge in [0.25, 0.3) is 0 Å². The third kappa shape index (κ3) is 3.08. The Morgan fingerprint density at radius 2 is 1.80 bits per heavy atom. The van der Waals surface area contributed by atoms with Gasteiger partial charge in [0, 0.05) is 12.3 Å². The Bertz CT molecular complexity index is 585. The van der Waals surface area contributed by atoms with Gasteiger partial charge >= 0.3 is 0 Å². The Balaban J connectivity index is 2.23. The zero-order valence-corrected chi connectivity index (χ0v) is 12.6. The van der Waals surface area contributed by atoms with E-state index in [-0.39, 0.29) is 0 Å². The van der Waals surface area contributed by atoms with E-state index in [4.69, 9.17) is 32.7 Å². The fraction of sp³-hybridized carbons (Fsp3) is 0.214. The summed E-state index contributed by atoms with van der Waals surface area (Å²) in [4.78, 5) is 4.28. The minimum Gasteiger partial charge on any atom is -0.493 e. The van der Waals surface area contributed by atoms with E-state index in [1.54, 1.807) is 44.7 Å². The average molecular weight is 313 g/mol. The molecule has 0 aliphatic heterocycles. The SMILES string of the molecule is COc1ccnc(CNc2c(Cl)cccc2Cl)c1OC. The number of halogens is 2. The summed E-state index contributed by atoms with van der Waals surface area (Å²) in [5, 5.41) is 4.27. The number of ether oxygens (including phenoxy) is 2. The van der Waals surface area contributed by atoms with Crippen molar-refractivity contribution in [2.75, 3.05) is 19.5 Å². The van der Waals surface area contributed by atoms with Gasteiger partial charge in [-0.3, -0.25) is 4.98 Å². The predicted molar refractivity (Wildman–Crippen MR) is 81.1 cm³/mol. The van der Waals surface area contributed by atoms with Crippen LogP contribution in [0.1, 0.15) is 5.69 Å². The van der Waals surface area contributed by atoms with Gasteiger partial charge in [0.15, 0.2) is 11.5 Å². The average Bonchev–Trinajstić information content (AvgIpc) is 2.46. The summed E-state index contributed by atoms with van der Waals surface area (Å²) in [6.45, 7) is 0.420. The monoisotopic (exact) mass is 312 g/mol. The van der Waals surface area contributed by atoms with Crippen molar-refractivity contribution in [2.24, 2.45) is 0 Å². The lowest BCUT2D eigenvalue weighted by molar-refractivity contribution is 0.350. The van der Waals surface area contributed by atoms with Gasteiger partial charge in [-0.1, -0.05) is 29.3 Å². The Labute approximate surface area is 127 Å². The molecule has 2 rings (SSSR count). The molecule has 0 bridgehead atoms. The van der Waals surface area contributed by atoms with Gasteiger partial charge in [0.2, 0.25) is 0 Å². The summed E-state index contributed by atoms with van der Waals surface area (Å²) in [7, 11) is 3.16. The van der Waals surface area contributed by atoms with Crippen molar-refractivity contribution in [3.63, 3.8) is 0 Å². The summed E-state index contributed by atoms with van der Waals surface area (Å²) in [6.07, 6.45) is 1.66. The minimum absolute atomic E-state index is 0.420. The van der Waals surface area contributed by atoms with Crippen molar-refractivity contribution in [1.29, 1.82) is 0 Å². The van der Waals surface area contributed by atoms with Crippen LogP contribution >= 0.6 is 23.2 Å². The van der Waals surface area contributed by atoms with Gasteiger partial charge < -0.3 is 14.8 Å². The lowest BCUT2D eigenvalue weighted by Gasteiger charge is -2.14. The van der Waals surface area contributed by atoms with Gasteiger partial charge in [-0.2, -0.15) is 0 Å². The molecule has 1 N–H and O–H groups in total. The van der Waals surface area contributed by atoms with E-state index < -0.39 is 0 Å². The zero-order valence-electron chi connectivity index (χ0n) is 11.1. The van der Waals surface area contributed by atoms with Crippen LogP contribution in [0.15, 0.2) is 30.5 Å². The molecule has 0 aliphatic rings. The van der Waals surface area contributed by atoms with E-state index in [0.717, 1.165) is 0 Å². The van der Waals surface area contributed by atoms with E-state index in [2.05, 4.69) is 10.3 Å². The molecular weight excluding hydrogens is 299 g/mol. The third-order valence-electron chi connectivity index (χ3n) is 2.76. The van der Waals surface area contributed by atoms with E-state index in [9.17, 15) is 0 Å². The number of anilines is 1. The molecule has 0 spiro atoms. The zero-order chi connectivity index (χ0) is 14.5. The number of para-hydroxylation sites is 1. The molecule has 106 valence electrons. The quantitative estimate of drug-likeness (QED) is 0.905. The van der Waals surface area contributed by atoms with Crippen molar-refractivity contribution in [3.05, 3.63) is 46.2 Å². The number of methoxy groups -OCH3 is 2. The standard InChI is InChI=1S/C14H14Cl2N2O2/c1-19-12-6-7-17-11(14(12)20-2)8-18-13-9(15)4-3-5-10(13)16/h3-7,18H,8H2,1-2H3. The minimum atomic E-state index is 0.420. The van der Waals surface area contributed by atoms with Crippen LogP contribution < -0.4 is 14.8 Å². The van der Waals surface area contributed by atoms with E-state index in [0.29, 0.717) is 39.5 Å². The first kappa shape index (κ1) is 14.8. The molecule has 0 radical (unpaired) electrons. The number of pyridine rings is 1. The molecule has 6 heteroatoms. The molecule has 1 aromatic heterocycles. The number of rotatable bonds is 5. The van der Waals surface area contributed by atoms with Gasteiger partial charge in [-0.05, 0) is 12.1 Å². The molecule has 0 saturated carbocycles. The summed E-state index contributed by atoms with van der Waals surface area (Å²) < 4.78 is 10.6. The van der Waals surface area contributed by atoms with Crippen molar-refractivity contribution < 1.29 is 9.47 Å². The topological polar surface area (TPSA) is 43.4 Å². The second-order valence-corrected chi connectivity index (χ2v) is 4.76. The molecule has 0 aliphatic carbocycles. The maximum Gasteiger partial charge on any atom is 0.184 e. The number of nitrogens with zero attached hydrogens (tertiary/aromatic N) is 1. The smallest absolute Gasteiger partial charge is 0.184 e. The van der Waals surface area contributed by atoms with Crippen molar-refractivity contribution >= 4 is 28.9 Å². The van der Waals surface area contributed by atoms with Crippen LogP contribution in [-0.4, -0.2) is 19.2 Å². The molecule has 1 heterocycles. The van der Waals surface area contributed by atoms with Gasteiger partial charge in [-0.15, -0.1) is 0 Å². The highest BCUT2D eigenvalue weighted by atomic mass is 35.5. The highest BCUT2D eigenvalue weighted by Crippen LogP contribution is 2.32. The fourth-order valence-electron chi connectivity index (χ4n) is 1.82. The third-order valence-corrected chi connectivity index (χ3v) is 3.39. The number of hydrogen-bond donors (Lipinski definition) is 1. The van der Waals surface area contributed by atoms with Gasteiger partial charge in [0.1, 0.15) is 5.69 Å². The predicted octanol–water partition coefficient (Wildman–Crippen LogP) is 4.02. The van der Waals surface area contributed by atoms with E-state index >= 15 is 0 Å². The van der Waals surface area contributed by atoms with Crippen molar-refractivity contribution in [3.8, 4) is 11.5 Å². The maximum atomic E-state index is 6.10. The normalized spacial score (nSPS) is 10.2. The molecule has 1 aromatic carbocycles. The number of nitrogens with one attached hydrogen (secondary N) is 1. The molecule has 0 fully saturated rings. The first-order valence-corrected chi connectivity index (χ1v) is 6.66. The van der Waals surface area contributed by atoms with Crippen LogP contribution in [0.4, 0.5) is 5.69 Å². The molecule has 0 unspecified atom stereocenters. The van der Waals surface area contributed by atoms with Gasteiger partial charge in [0.05, 0.1) is 36.5 Å². The second kappa shape index (κ2) is 6.68. The molecule has 4 nitrogen and oxygen atoms in total. The fourth-order valence-corrected chi connectivity index (χ4v) is 2.35. The van der Waals surface area contributed by atoms with Crippen molar-refractivity contribution in [2.45, 2.75) is 6.54 Å².